The summed E-state index contributed by atoms with van der Waals surface area (Å²) in [6.07, 6.45) is 0.769. The summed E-state index contributed by atoms with van der Waals surface area (Å²) in [4.78, 5) is 17.2. The molecule has 1 amide bonds. The molecule has 0 spiro atoms. The lowest BCUT2D eigenvalue weighted by Crippen LogP contribution is -2.58. The van der Waals surface area contributed by atoms with Gasteiger partial charge in [0.15, 0.2) is 9.84 Å². The molecule has 3 rings (SSSR count). The molecule has 1 fully saturated rings. The number of amides is 1. The summed E-state index contributed by atoms with van der Waals surface area (Å²) in [5.41, 5.74) is 0.342. The Labute approximate surface area is 219 Å². The first-order valence-corrected chi connectivity index (χ1v) is 14.1. The topological polar surface area (TPSA) is 85.4 Å². The number of carbonyl (C=O) groups is 1. The van der Waals surface area contributed by atoms with Crippen LogP contribution in [0.2, 0.25) is 5.02 Å². The van der Waals surface area contributed by atoms with E-state index < -0.39 is 21.5 Å². The number of rotatable bonds is 7. The standard InChI is InChI=1S/C26H35ClN2O6S/c1-18(23-15-19(27)7-12-24(23)33-5)28-13-14-29(25(30)35-26(2,3)4)20(16-28)17-34-21-8-10-22(11-9-21)36(6,31)32/h7-12,15,18,20H,13-14,16-17H2,1-6H3. The molecule has 0 aromatic heterocycles. The van der Waals surface area contributed by atoms with E-state index in [1.54, 1.807) is 30.2 Å². The third kappa shape index (κ3) is 7.27. The van der Waals surface area contributed by atoms with Crippen LogP contribution in [0.3, 0.4) is 0 Å². The zero-order valence-electron chi connectivity index (χ0n) is 21.7. The summed E-state index contributed by atoms with van der Waals surface area (Å²) < 4.78 is 40.7. The molecule has 1 aliphatic rings. The van der Waals surface area contributed by atoms with Gasteiger partial charge in [-0.15, -0.1) is 0 Å². The molecule has 2 unspecified atom stereocenters. The Morgan fingerprint density at radius 1 is 1.14 bits per heavy atom. The van der Waals surface area contributed by atoms with E-state index in [1.165, 1.54) is 12.1 Å². The van der Waals surface area contributed by atoms with Crippen molar-refractivity contribution in [2.75, 3.05) is 39.6 Å². The number of piperazine rings is 1. The van der Waals surface area contributed by atoms with Gasteiger partial charge in [-0.05, 0) is 70.2 Å². The van der Waals surface area contributed by atoms with Gasteiger partial charge in [-0.3, -0.25) is 9.80 Å². The van der Waals surface area contributed by atoms with E-state index in [0.29, 0.717) is 30.4 Å². The van der Waals surface area contributed by atoms with Gasteiger partial charge < -0.3 is 14.2 Å². The Kier molecular flexibility index (Phi) is 8.80. The molecular weight excluding hydrogens is 504 g/mol. The monoisotopic (exact) mass is 538 g/mol. The van der Waals surface area contributed by atoms with E-state index in [9.17, 15) is 13.2 Å². The first-order chi connectivity index (χ1) is 16.8. The second-order valence-corrected chi connectivity index (χ2v) is 12.4. The number of hydrogen-bond acceptors (Lipinski definition) is 7. The van der Waals surface area contributed by atoms with Crippen LogP contribution in [0.25, 0.3) is 0 Å². The Morgan fingerprint density at radius 3 is 2.39 bits per heavy atom. The van der Waals surface area contributed by atoms with Crippen LogP contribution in [0.5, 0.6) is 11.5 Å². The van der Waals surface area contributed by atoms with E-state index >= 15 is 0 Å². The van der Waals surface area contributed by atoms with E-state index in [1.807, 2.05) is 32.9 Å². The highest BCUT2D eigenvalue weighted by atomic mass is 35.5. The number of nitrogens with zero attached hydrogens (tertiary/aromatic N) is 2. The molecule has 10 heteroatoms. The average Bonchev–Trinajstić information content (AvgIpc) is 2.80. The van der Waals surface area contributed by atoms with Crippen LogP contribution in [0.15, 0.2) is 47.4 Å². The maximum absolute atomic E-state index is 13.0. The molecule has 36 heavy (non-hydrogen) atoms. The minimum absolute atomic E-state index is 0.0176. The first kappa shape index (κ1) is 28.1. The Morgan fingerprint density at radius 2 is 1.81 bits per heavy atom. The molecule has 0 bridgehead atoms. The fraction of sp³-hybridized carbons (Fsp3) is 0.500. The van der Waals surface area contributed by atoms with Gasteiger partial charge in [-0.1, -0.05) is 11.6 Å². The number of benzene rings is 2. The van der Waals surface area contributed by atoms with Gasteiger partial charge in [0, 0.05) is 42.5 Å². The molecule has 0 radical (unpaired) electrons. The van der Waals surface area contributed by atoms with Gasteiger partial charge in [0.25, 0.3) is 0 Å². The largest absolute Gasteiger partial charge is 0.496 e. The molecule has 8 nitrogen and oxygen atoms in total. The van der Waals surface area contributed by atoms with E-state index in [4.69, 9.17) is 25.8 Å². The Bertz CT molecular complexity index is 1160. The quantitative estimate of drug-likeness (QED) is 0.500. The molecule has 1 heterocycles. The highest BCUT2D eigenvalue weighted by molar-refractivity contribution is 7.90. The third-order valence-corrected chi connectivity index (χ3v) is 7.39. The summed E-state index contributed by atoms with van der Waals surface area (Å²) in [6.45, 7) is 9.44. The highest BCUT2D eigenvalue weighted by Crippen LogP contribution is 2.33. The van der Waals surface area contributed by atoms with Crippen LogP contribution in [0, 0.1) is 0 Å². The Hall–Kier alpha value is -2.49. The predicted molar refractivity (Wildman–Crippen MR) is 140 cm³/mol. The zero-order valence-corrected chi connectivity index (χ0v) is 23.2. The lowest BCUT2D eigenvalue weighted by Gasteiger charge is -2.43. The Balaban J connectivity index is 1.80. The van der Waals surface area contributed by atoms with Crippen molar-refractivity contribution in [3.8, 4) is 11.5 Å². The zero-order chi connectivity index (χ0) is 26.7. The van der Waals surface area contributed by atoms with E-state index in [0.717, 1.165) is 17.6 Å². The lowest BCUT2D eigenvalue weighted by atomic mass is 10.0. The highest BCUT2D eigenvalue weighted by Gasteiger charge is 2.36. The van der Waals surface area contributed by atoms with Gasteiger partial charge in [0.05, 0.1) is 18.0 Å². The molecule has 2 aromatic rings. The van der Waals surface area contributed by atoms with Crippen molar-refractivity contribution in [1.82, 2.24) is 9.80 Å². The maximum Gasteiger partial charge on any atom is 0.410 e. The molecule has 1 aliphatic heterocycles. The predicted octanol–water partition coefficient (Wildman–Crippen LogP) is 4.81. The van der Waals surface area contributed by atoms with E-state index in [2.05, 4.69) is 11.8 Å². The van der Waals surface area contributed by atoms with Crippen LogP contribution >= 0.6 is 11.6 Å². The average molecular weight is 539 g/mol. The molecule has 0 N–H and O–H groups in total. The molecule has 2 atom stereocenters. The van der Waals surface area contributed by atoms with Gasteiger partial charge in [-0.2, -0.15) is 0 Å². The van der Waals surface area contributed by atoms with Crippen molar-refractivity contribution >= 4 is 27.5 Å². The summed E-state index contributed by atoms with van der Waals surface area (Å²) >= 11 is 6.27. The number of carbonyl (C=O) groups excluding carboxylic acids is 1. The van der Waals surface area contributed by atoms with Crippen molar-refractivity contribution in [2.24, 2.45) is 0 Å². The van der Waals surface area contributed by atoms with Crippen LogP contribution < -0.4 is 9.47 Å². The van der Waals surface area contributed by atoms with Gasteiger partial charge in [0.1, 0.15) is 23.7 Å². The summed E-state index contributed by atoms with van der Waals surface area (Å²) in [5.74, 6) is 1.27. The maximum atomic E-state index is 13.0. The molecule has 0 saturated carbocycles. The van der Waals surface area contributed by atoms with Crippen molar-refractivity contribution in [3.63, 3.8) is 0 Å². The number of sulfone groups is 1. The van der Waals surface area contributed by atoms with E-state index in [-0.39, 0.29) is 23.6 Å². The number of ether oxygens (including phenoxy) is 3. The van der Waals surface area contributed by atoms with Crippen molar-refractivity contribution in [3.05, 3.63) is 53.1 Å². The smallest absolute Gasteiger partial charge is 0.410 e. The molecule has 2 aromatic carbocycles. The fourth-order valence-corrected chi connectivity index (χ4v) is 4.95. The minimum Gasteiger partial charge on any atom is -0.496 e. The van der Waals surface area contributed by atoms with Crippen molar-refractivity contribution in [2.45, 2.75) is 50.3 Å². The van der Waals surface area contributed by atoms with Gasteiger partial charge in [-0.25, -0.2) is 13.2 Å². The lowest BCUT2D eigenvalue weighted by molar-refractivity contribution is -0.0152. The summed E-state index contributed by atoms with van der Waals surface area (Å²) in [7, 11) is -1.67. The fourth-order valence-electron chi connectivity index (χ4n) is 4.14. The molecular formula is C26H35ClN2O6S. The number of halogens is 1. The number of hydrogen-bond donors (Lipinski definition) is 0. The van der Waals surface area contributed by atoms with Crippen molar-refractivity contribution < 1.29 is 27.4 Å². The van der Waals surface area contributed by atoms with Crippen LogP contribution in [0.1, 0.15) is 39.3 Å². The van der Waals surface area contributed by atoms with Crippen LogP contribution in [-0.4, -0.2) is 75.6 Å². The number of methoxy groups -OCH3 is 1. The second-order valence-electron chi connectivity index (χ2n) is 9.94. The summed E-state index contributed by atoms with van der Waals surface area (Å²) in [5, 5.41) is 0.627. The van der Waals surface area contributed by atoms with Crippen LogP contribution in [-0.2, 0) is 14.6 Å². The van der Waals surface area contributed by atoms with Crippen LogP contribution in [0.4, 0.5) is 4.79 Å². The first-order valence-electron chi connectivity index (χ1n) is 11.8. The van der Waals surface area contributed by atoms with Gasteiger partial charge in [0.2, 0.25) is 0 Å². The normalized spacial score (nSPS) is 18.0. The SMILES string of the molecule is COc1ccc(Cl)cc1C(C)N1CCN(C(=O)OC(C)(C)C)C(COc2ccc(S(C)(=O)=O)cc2)C1. The molecule has 198 valence electrons. The van der Waals surface area contributed by atoms with Gasteiger partial charge >= 0.3 is 6.09 Å². The van der Waals surface area contributed by atoms with Crippen molar-refractivity contribution in [1.29, 1.82) is 0 Å². The summed E-state index contributed by atoms with van der Waals surface area (Å²) in [6, 6.07) is 11.5. The second kappa shape index (κ2) is 11.3. The minimum atomic E-state index is -3.30. The third-order valence-electron chi connectivity index (χ3n) is 6.03. The molecule has 1 saturated heterocycles. The molecule has 0 aliphatic carbocycles.